The van der Waals surface area contributed by atoms with E-state index in [9.17, 15) is 0 Å². The Hall–Kier alpha value is -0.380. The zero-order valence-corrected chi connectivity index (χ0v) is 13.3. The highest BCUT2D eigenvalue weighted by atomic mass is 16.3. The van der Waals surface area contributed by atoms with Crippen molar-refractivity contribution in [2.24, 2.45) is 5.73 Å². The molecule has 3 heteroatoms. The van der Waals surface area contributed by atoms with Crippen LogP contribution in [0.15, 0.2) is 12.2 Å². The van der Waals surface area contributed by atoms with Crippen LogP contribution in [-0.4, -0.2) is 29.0 Å². The number of aliphatic hydroxyl groups is 2. The summed E-state index contributed by atoms with van der Waals surface area (Å²) in [5.74, 6) is 0. The topological polar surface area (TPSA) is 66.5 Å². The van der Waals surface area contributed by atoms with Gasteiger partial charge in [0, 0.05) is 0 Å². The summed E-state index contributed by atoms with van der Waals surface area (Å²) in [4.78, 5) is 0. The molecule has 0 fully saturated rings. The van der Waals surface area contributed by atoms with E-state index >= 15 is 0 Å². The molecule has 0 saturated carbocycles. The lowest BCUT2D eigenvalue weighted by molar-refractivity contribution is 0.113. The Morgan fingerprint density at radius 2 is 1.30 bits per heavy atom. The summed E-state index contributed by atoms with van der Waals surface area (Å²) in [6.07, 6.45) is 17.7. The van der Waals surface area contributed by atoms with E-state index in [-0.39, 0.29) is 13.2 Å². The second-order valence-corrected chi connectivity index (χ2v) is 5.95. The molecule has 0 radical (unpaired) electrons. The predicted molar refractivity (Wildman–Crippen MR) is 86.7 cm³/mol. The summed E-state index contributed by atoms with van der Waals surface area (Å²) in [6, 6.07) is 0. The summed E-state index contributed by atoms with van der Waals surface area (Å²) in [5, 5.41) is 18.1. The van der Waals surface area contributed by atoms with Gasteiger partial charge in [0.1, 0.15) is 0 Å². The van der Waals surface area contributed by atoms with Crippen LogP contribution in [0.25, 0.3) is 0 Å². The maximum atomic E-state index is 9.06. The summed E-state index contributed by atoms with van der Waals surface area (Å²) >= 11 is 0. The van der Waals surface area contributed by atoms with Crippen molar-refractivity contribution in [3.05, 3.63) is 12.2 Å². The molecule has 4 N–H and O–H groups in total. The maximum Gasteiger partial charge on any atom is 0.0633 e. The van der Waals surface area contributed by atoms with Crippen molar-refractivity contribution in [3.8, 4) is 0 Å². The van der Waals surface area contributed by atoms with Gasteiger partial charge in [0.2, 0.25) is 0 Å². The van der Waals surface area contributed by atoms with E-state index in [1.807, 2.05) is 0 Å². The molecule has 0 unspecified atom stereocenters. The average Bonchev–Trinajstić information content (AvgIpc) is 2.48. The fraction of sp³-hybridized carbons (Fsp3) is 0.882. The van der Waals surface area contributed by atoms with Crippen molar-refractivity contribution in [3.63, 3.8) is 0 Å². The lowest BCUT2D eigenvalue weighted by Gasteiger charge is -2.23. The Balaban J connectivity index is 3.32. The molecule has 0 rings (SSSR count). The van der Waals surface area contributed by atoms with E-state index in [1.165, 1.54) is 51.4 Å². The van der Waals surface area contributed by atoms with E-state index in [1.54, 1.807) is 0 Å². The Morgan fingerprint density at radius 1 is 0.800 bits per heavy atom. The predicted octanol–water partition coefficient (Wildman–Crippen LogP) is 3.54. The molecule has 0 aromatic rings. The van der Waals surface area contributed by atoms with Crippen LogP contribution >= 0.6 is 0 Å². The number of aliphatic hydroxyl groups excluding tert-OH is 2. The first-order valence-electron chi connectivity index (χ1n) is 8.34. The molecule has 0 heterocycles. The molecule has 0 atom stereocenters. The van der Waals surface area contributed by atoms with Gasteiger partial charge < -0.3 is 15.9 Å². The van der Waals surface area contributed by atoms with Gasteiger partial charge in [-0.2, -0.15) is 0 Å². The normalized spacial score (nSPS) is 12.4. The van der Waals surface area contributed by atoms with Crippen LogP contribution in [0.1, 0.15) is 77.6 Å². The van der Waals surface area contributed by atoms with Gasteiger partial charge in [0.15, 0.2) is 0 Å². The summed E-state index contributed by atoms with van der Waals surface area (Å²) in [7, 11) is 0. The van der Waals surface area contributed by atoms with Crippen LogP contribution in [0.3, 0.4) is 0 Å². The minimum absolute atomic E-state index is 0.148. The summed E-state index contributed by atoms with van der Waals surface area (Å²) < 4.78 is 0. The quantitative estimate of drug-likeness (QED) is 0.338. The van der Waals surface area contributed by atoms with Crippen molar-refractivity contribution in [2.75, 3.05) is 13.2 Å². The third-order valence-corrected chi connectivity index (χ3v) is 3.82. The zero-order valence-electron chi connectivity index (χ0n) is 13.3. The SMILES string of the molecule is CCCCCCCCC/C=C/CCCC(N)(CO)CO. The highest BCUT2D eigenvalue weighted by Crippen LogP contribution is 2.11. The standard InChI is InChI=1S/C17H35NO2/c1-2-3-4-5-6-7-8-9-10-11-12-13-14-17(18,15-19)16-20/h10-11,19-20H,2-9,12-16,18H2,1H3/b11-10+. The van der Waals surface area contributed by atoms with Gasteiger partial charge in [-0.3, -0.25) is 0 Å². The largest absolute Gasteiger partial charge is 0.394 e. The van der Waals surface area contributed by atoms with Gasteiger partial charge in [-0.05, 0) is 32.1 Å². The Labute approximate surface area is 125 Å². The van der Waals surface area contributed by atoms with Crippen molar-refractivity contribution in [1.82, 2.24) is 0 Å². The van der Waals surface area contributed by atoms with E-state index in [4.69, 9.17) is 15.9 Å². The first-order valence-corrected chi connectivity index (χ1v) is 8.34. The summed E-state index contributed by atoms with van der Waals surface area (Å²) in [6.45, 7) is 1.96. The van der Waals surface area contributed by atoms with Gasteiger partial charge in [0.05, 0.1) is 18.8 Å². The van der Waals surface area contributed by atoms with Gasteiger partial charge >= 0.3 is 0 Å². The van der Waals surface area contributed by atoms with Gasteiger partial charge in [-0.1, -0.05) is 57.6 Å². The van der Waals surface area contributed by atoms with Crippen LogP contribution in [-0.2, 0) is 0 Å². The number of unbranched alkanes of at least 4 members (excludes halogenated alkanes) is 8. The van der Waals surface area contributed by atoms with E-state index < -0.39 is 5.54 Å². The van der Waals surface area contributed by atoms with Crippen LogP contribution < -0.4 is 5.73 Å². The fourth-order valence-corrected chi connectivity index (χ4v) is 2.24. The molecular formula is C17H35NO2. The third-order valence-electron chi connectivity index (χ3n) is 3.82. The first-order chi connectivity index (χ1) is 9.68. The lowest BCUT2D eigenvalue weighted by atomic mass is 9.96. The Morgan fingerprint density at radius 3 is 1.85 bits per heavy atom. The maximum absolute atomic E-state index is 9.06. The smallest absolute Gasteiger partial charge is 0.0633 e. The fourth-order valence-electron chi connectivity index (χ4n) is 2.24. The van der Waals surface area contributed by atoms with Crippen molar-refractivity contribution in [1.29, 1.82) is 0 Å². The minimum Gasteiger partial charge on any atom is -0.394 e. The molecule has 0 aliphatic rings. The molecule has 0 spiro atoms. The first kappa shape index (κ1) is 19.6. The second kappa shape index (κ2) is 13.6. The van der Waals surface area contributed by atoms with Gasteiger partial charge in [0.25, 0.3) is 0 Å². The Bertz CT molecular complexity index is 225. The van der Waals surface area contributed by atoms with Crippen molar-refractivity contribution in [2.45, 2.75) is 83.1 Å². The van der Waals surface area contributed by atoms with Crippen LogP contribution in [0, 0.1) is 0 Å². The lowest BCUT2D eigenvalue weighted by Crippen LogP contribution is -2.47. The van der Waals surface area contributed by atoms with Crippen LogP contribution in [0.5, 0.6) is 0 Å². The number of hydrogen-bond acceptors (Lipinski definition) is 3. The third kappa shape index (κ3) is 11.4. The average molecular weight is 285 g/mol. The molecule has 0 saturated heterocycles. The minimum atomic E-state index is -0.799. The van der Waals surface area contributed by atoms with E-state index in [0.717, 1.165) is 12.8 Å². The number of allylic oxidation sites excluding steroid dienone is 2. The van der Waals surface area contributed by atoms with Gasteiger partial charge in [-0.25, -0.2) is 0 Å². The molecule has 0 aromatic heterocycles. The van der Waals surface area contributed by atoms with Crippen molar-refractivity contribution >= 4 is 0 Å². The number of hydrogen-bond donors (Lipinski definition) is 3. The molecule has 0 amide bonds. The molecule has 0 aromatic carbocycles. The second-order valence-electron chi connectivity index (χ2n) is 5.95. The molecule has 0 bridgehead atoms. The summed E-state index contributed by atoms with van der Waals surface area (Å²) in [5.41, 5.74) is 5.00. The highest BCUT2D eigenvalue weighted by Gasteiger charge is 2.21. The zero-order chi connectivity index (χ0) is 15.1. The van der Waals surface area contributed by atoms with Crippen LogP contribution in [0.2, 0.25) is 0 Å². The molecule has 3 nitrogen and oxygen atoms in total. The number of rotatable bonds is 14. The number of nitrogens with two attached hydrogens (primary N) is 1. The van der Waals surface area contributed by atoms with Gasteiger partial charge in [-0.15, -0.1) is 0 Å². The molecule has 20 heavy (non-hydrogen) atoms. The van der Waals surface area contributed by atoms with E-state index in [2.05, 4.69) is 19.1 Å². The monoisotopic (exact) mass is 285 g/mol. The van der Waals surface area contributed by atoms with Crippen molar-refractivity contribution < 1.29 is 10.2 Å². The molecule has 0 aliphatic carbocycles. The van der Waals surface area contributed by atoms with E-state index in [0.29, 0.717) is 6.42 Å². The molecular weight excluding hydrogens is 250 g/mol. The molecule has 0 aliphatic heterocycles. The Kier molecular flexibility index (Phi) is 13.3. The highest BCUT2D eigenvalue weighted by molar-refractivity contribution is 4.86. The molecule has 120 valence electrons. The van der Waals surface area contributed by atoms with Crippen LogP contribution in [0.4, 0.5) is 0 Å².